The Labute approximate surface area is 124 Å². The molecule has 0 saturated heterocycles. The Kier molecular flexibility index (Phi) is 3.16. The second kappa shape index (κ2) is 5.14. The normalized spacial score (nSPS) is 13.0. The molecule has 0 fully saturated rings. The molecule has 0 saturated carbocycles. The molecule has 0 bridgehead atoms. The van der Waals surface area contributed by atoms with Crippen LogP contribution in [0.25, 0.3) is 0 Å². The van der Waals surface area contributed by atoms with Crippen molar-refractivity contribution < 1.29 is 19.2 Å². The standard InChI is InChI=1S/C14H8N4O4/c15-5-9-6-16-17(7-9)8-12(19)22-18-13(20)10-3-1-2-4-11(10)14(18)21/h1-4,6-7H,8H2. The minimum Gasteiger partial charge on any atom is -0.328 e. The van der Waals surface area contributed by atoms with Gasteiger partial charge in [0, 0.05) is 6.20 Å². The topological polar surface area (TPSA) is 105 Å². The average molecular weight is 296 g/mol. The monoisotopic (exact) mass is 296 g/mol. The van der Waals surface area contributed by atoms with Crippen molar-refractivity contribution in [1.29, 1.82) is 5.26 Å². The largest absolute Gasteiger partial charge is 0.354 e. The highest BCUT2D eigenvalue weighted by atomic mass is 16.7. The van der Waals surface area contributed by atoms with Gasteiger partial charge in [-0.25, -0.2) is 4.79 Å². The summed E-state index contributed by atoms with van der Waals surface area (Å²) in [5.41, 5.74) is 0.658. The van der Waals surface area contributed by atoms with E-state index in [1.54, 1.807) is 12.1 Å². The number of carbonyl (C=O) groups excluding carboxylic acids is 3. The van der Waals surface area contributed by atoms with Gasteiger partial charge in [-0.05, 0) is 12.1 Å². The number of benzene rings is 1. The van der Waals surface area contributed by atoms with Crippen molar-refractivity contribution in [3.05, 3.63) is 53.3 Å². The first kappa shape index (κ1) is 13.5. The number of aromatic nitrogens is 2. The summed E-state index contributed by atoms with van der Waals surface area (Å²) in [6, 6.07) is 8.06. The van der Waals surface area contributed by atoms with E-state index in [9.17, 15) is 14.4 Å². The van der Waals surface area contributed by atoms with Crippen molar-refractivity contribution in [3.63, 3.8) is 0 Å². The number of carbonyl (C=O) groups is 3. The van der Waals surface area contributed by atoms with Gasteiger partial charge in [-0.2, -0.15) is 10.4 Å². The molecule has 1 aromatic carbocycles. The van der Waals surface area contributed by atoms with Gasteiger partial charge in [-0.1, -0.05) is 17.2 Å². The lowest BCUT2D eigenvalue weighted by molar-refractivity contribution is -0.169. The molecule has 0 spiro atoms. The summed E-state index contributed by atoms with van der Waals surface area (Å²) >= 11 is 0. The molecular formula is C14H8N4O4. The highest BCUT2D eigenvalue weighted by Crippen LogP contribution is 2.22. The van der Waals surface area contributed by atoms with Crippen LogP contribution in [0.2, 0.25) is 0 Å². The molecule has 2 aromatic rings. The number of imide groups is 1. The van der Waals surface area contributed by atoms with Gasteiger partial charge < -0.3 is 4.84 Å². The Balaban J connectivity index is 1.72. The van der Waals surface area contributed by atoms with Crippen LogP contribution < -0.4 is 0 Å². The van der Waals surface area contributed by atoms with E-state index < -0.39 is 17.8 Å². The molecular weight excluding hydrogens is 288 g/mol. The lowest BCUT2D eigenvalue weighted by atomic mass is 10.1. The van der Waals surface area contributed by atoms with Gasteiger partial charge in [0.15, 0.2) is 0 Å². The highest BCUT2D eigenvalue weighted by molar-refractivity contribution is 6.20. The van der Waals surface area contributed by atoms with Gasteiger partial charge in [0.25, 0.3) is 11.8 Å². The summed E-state index contributed by atoms with van der Waals surface area (Å²) in [5.74, 6) is -2.22. The number of hydrogen-bond donors (Lipinski definition) is 0. The zero-order chi connectivity index (χ0) is 15.7. The summed E-state index contributed by atoms with van der Waals surface area (Å²) in [7, 11) is 0. The molecule has 1 aliphatic heterocycles. The second-order valence-corrected chi connectivity index (χ2v) is 4.45. The second-order valence-electron chi connectivity index (χ2n) is 4.45. The molecule has 0 unspecified atom stereocenters. The van der Waals surface area contributed by atoms with Gasteiger partial charge in [0.2, 0.25) is 0 Å². The Morgan fingerprint density at radius 1 is 1.23 bits per heavy atom. The number of rotatable bonds is 3. The number of nitriles is 1. The molecule has 0 radical (unpaired) electrons. The first-order valence-corrected chi connectivity index (χ1v) is 6.21. The molecule has 1 aliphatic rings. The van der Waals surface area contributed by atoms with Crippen LogP contribution in [0.15, 0.2) is 36.7 Å². The molecule has 22 heavy (non-hydrogen) atoms. The summed E-state index contributed by atoms with van der Waals surface area (Å²) in [4.78, 5) is 40.6. The lowest BCUT2D eigenvalue weighted by Gasteiger charge is -2.12. The fourth-order valence-electron chi connectivity index (χ4n) is 2.02. The van der Waals surface area contributed by atoms with E-state index in [1.165, 1.54) is 29.2 Å². The molecule has 8 nitrogen and oxygen atoms in total. The van der Waals surface area contributed by atoms with Crippen molar-refractivity contribution in [2.45, 2.75) is 6.54 Å². The average Bonchev–Trinajstić information content (AvgIpc) is 3.06. The highest BCUT2D eigenvalue weighted by Gasteiger charge is 2.38. The third-order valence-corrected chi connectivity index (χ3v) is 3.00. The predicted octanol–water partition coefficient (Wildman–Crippen LogP) is 0.509. The van der Waals surface area contributed by atoms with Gasteiger partial charge in [-0.3, -0.25) is 14.3 Å². The van der Waals surface area contributed by atoms with E-state index in [0.717, 1.165) is 0 Å². The fraction of sp³-hybridized carbons (Fsp3) is 0.0714. The summed E-state index contributed by atoms with van der Waals surface area (Å²) in [5, 5.41) is 12.9. The lowest BCUT2D eigenvalue weighted by Crippen LogP contribution is -2.34. The molecule has 8 heteroatoms. The first-order chi connectivity index (χ1) is 10.6. The Morgan fingerprint density at radius 3 is 2.41 bits per heavy atom. The molecule has 0 N–H and O–H groups in total. The first-order valence-electron chi connectivity index (χ1n) is 6.21. The minimum absolute atomic E-state index is 0.186. The molecule has 0 atom stereocenters. The van der Waals surface area contributed by atoms with Crippen LogP contribution in [0.1, 0.15) is 26.3 Å². The van der Waals surface area contributed by atoms with Crippen molar-refractivity contribution in [2.75, 3.05) is 0 Å². The molecule has 0 aliphatic carbocycles. The number of hydroxylamine groups is 2. The van der Waals surface area contributed by atoms with E-state index in [-0.39, 0.29) is 23.2 Å². The van der Waals surface area contributed by atoms with Crippen LogP contribution in [0.5, 0.6) is 0 Å². The predicted molar refractivity (Wildman–Crippen MR) is 70.0 cm³/mol. The number of hydrogen-bond acceptors (Lipinski definition) is 6. The van der Waals surface area contributed by atoms with Crippen molar-refractivity contribution in [2.24, 2.45) is 0 Å². The third kappa shape index (κ3) is 2.20. The number of nitrogens with zero attached hydrogens (tertiary/aromatic N) is 4. The molecule has 3 rings (SSSR count). The Bertz CT molecular complexity index is 798. The number of amides is 2. The van der Waals surface area contributed by atoms with Gasteiger partial charge in [0.1, 0.15) is 12.6 Å². The number of fused-ring (bicyclic) bond motifs is 1. The summed E-state index contributed by atoms with van der Waals surface area (Å²) in [6.07, 6.45) is 2.64. The van der Waals surface area contributed by atoms with E-state index in [4.69, 9.17) is 10.1 Å². The maximum absolute atomic E-state index is 12.0. The van der Waals surface area contributed by atoms with Gasteiger partial charge in [0.05, 0.1) is 22.9 Å². The van der Waals surface area contributed by atoms with E-state index in [2.05, 4.69) is 5.10 Å². The Hall–Kier alpha value is -3.47. The van der Waals surface area contributed by atoms with Gasteiger partial charge in [-0.15, -0.1) is 0 Å². The maximum Gasteiger partial charge on any atom is 0.354 e. The van der Waals surface area contributed by atoms with E-state index >= 15 is 0 Å². The smallest absolute Gasteiger partial charge is 0.328 e. The minimum atomic E-state index is -0.845. The SMILES string of the molecule is N#Cc1cnn(CC(=O)ON2C(=O)c3ccccc3C2=O)c1. The van der Waals surface area contributed by atoms with Gasteiger partial charge >= 0.3 is 5.97 Å². The van der Waals surface area contributed by atoms with Crippen molar-refractivity contribution in [1.82, 2.24) is 14.8 Å². The molecule has 108 valence electrons. The maximum atomic E-state index is 12.0. The van der Waals surface area contributed by atoms with Crippen LogP contribution in [-0.2, 0) is 16.2 Å². The zero-order valence-electron chi connectivity index (χ0n) is 11.1. The fourth-order valence-corrected chi connectivity index (χ4v) is 2.02. The zero-order valence-corrected chi connectivity index (χ0v) is 11.1. The van der Waals surface area contributed by atoms with Crippen LogP contribution in [0.3, 0.4) is 0 Å². The van der Waals surface area contributed by atoms with Crippen molar-refractivity contribution >= 4 is 17.8 Å². The van der Waals surface area contributed by atoms with Crippen LogP contribution >= 0.6 is 0 Å². The van der Waals surface area contributed by atoms with Crippen molar-refractivity contribution in [3.8, 4) is 6.07 Å². The van der Waals surface area contributed by atoms with Crippen LogP contribution in [0, 0.1) is 11.3 Å². The molecule has 2 heterocycles. The molecule has 2 amide bonds. The van der Waals surface area contributed by atoms with E-state index in [0.29, 0.717) is 5.06 Å². The van der Waals surface area contributed by atoms with E-state index in [1.807, 2.05) is 6.07 Å². The molecule has 1 aromatic heterocycles. The van der Waals surface area contributed by atoms with Crippen LogP contribution in [0.4, 0.5) is 0 Å². The quantitative estimate of drug-likeness (QED) is 0.764. The third-order valence-electron chi connectivity index (χ3n) is 3.00. The van der Waals surface area contributed by atoms with Crippen LogP contribution in [-0.4, -0.2) is 32.6 Å². The summed E-state index contributed by atoms with van der Waals surface area (Å²) < 4.78 is 1.18. The Morgan fingerprint density at radius 2 is 1.86 bits per heavy atom. The summed E-state index contributed by atoms with van der Waals surface area (Å²) in [6.45, 7) is -0.324.